The molecule has 0 fully saturated rings. The molecular formula is C12H19N3O2. The van der Waals surface area contributed by atoms with Crippen LogP contribution in [0.2, 0.25) is 0 Å². The Bertz CT molecular complexity index is 382. The molecular weight excluding hydrogens is 218 g/mol. The Morgan fingerprint density at radius 2 is 2.18 bits per heavy atom. The Kier molecular flexibility index (Phi) is 4.07. The molecule has 94 valence electrons. The molecule has 0 atom stereocenters. The van der Waals surface area contributed by atoms with Crippen LogP contribution >= 0.6 is 0 Å². The first-order valence-electron chi connectivity index (χ1n) is 5.45. The number of amides is 1. The number of pyridine rings is 1. The fourth-order valence-electron chi connectivity index (χ4n) is 1.54. The van der Waals surface area contributed by atoms with E-state index in [2.05, 4.69) is 10.3 Å². The van der Waals surface area contributed by atoms with E-state index in [0.29, 0.717) is 11.4 Å². The van der Waals surface area contributed by atoms with Crippen molar-refractivity contribution in [2.24, 2.45) is 0 Å². The predicted molar refractivity (Wildman–Crippen MR) is 67.0 cm³/mol. The monoisotopic (exact) mass is 237 g/mol. The Hall–Kier alpha value is -1.62. The number of nitrogens with one attached hydrogen (secondary N) is 1. The van der Waals surface area contributed by atoms with Gasteiger partial charge in [-0.05, 0) is 26.0 Å². The molecule has 17 heavy (non-hydrogen) atoms. The summed E-state index contributed by atoms with van der Waals surface area (Å²) in [6.07, 6.45) is 1.52. The van der Waals surface area contributed by atoms with E-state index >= 15 is 0 Å². The molecule has 0 aliphatic heterocycles. The highest BCUT2D eigenvalue weighted by atomic mass is 16.3. The first-order chi connectivity index (χ1) is 7.83. The normalized spacial score (nSPS) is 11.1. The molecule has 0 unspecified atom stereocenters. The molecule has 0 spiro atoms. The Labute approximate surface area is 101 Å². The molecule has 1 heterocycles. The van der Waals surface area contributed by atoms with Crippen molar-refractivity contribution in [2.45, 2.75) is 19.4 Å². The molecule has 5 heteroatoms. The number of carbonyl (C=O) groups excluding carboxylic acids is 1. The average Bonchev–Trinajstić information content (AvgIpc) is 2.26. The maximum atomic E-state index is 12.0. The molecule has 2 N–H and O–H groups in total. The Morgan fingerprint density at radius 1 is 1.53 bits per heavy atom. The molecule has 0 aliphatic carbocycles. The van der Waals surface area contributed by atoms with Crippen LogP contribution in [0.3, 0.4) is 0 Å². The lowest BCUT2D eigenvalue weighted by molar-refractivity contribution is 0.0367. The summed E-state index contributed by atoms with van der Waals surface area (Å²) in [4.78, 5) is 17.5. The minimum Gasteiger partial charge on any atom is -0.389 e. The maximum absolute atomic E-state index is 12.0. The second-order valence-corrected chi connectivity index (χ2v) is 4.66. The van der Waals surface area contributed by atoms with Gasteiger partial charge in [0.15, 0.2) is 0 Å². The van der Waals surface area contributed by atoms with Crippen LogP contribution in [0.15, 0.2) is 18.3 Å². The van der Waals surface area contributed by atoms with E-state index in [0.717, 1.165) is 0 Å². The Morgan fingerprint density at radius 3 is 2.59 bits per heavy atom. The zero-order valence-electron chi connectivity index (χ0n) is 10.7. The van der Waals surface area contributed by atoms with E-state index in [4.69, 9.17) is 0 Å². The number of likely N-dealkylation sites (N-methyl/N-ethyl adjacent to an activating group) is 1. The van der Waals surface area contributed by atoms with Gasteiger partial charge in [0.05, 0.1) is 11.2 Å². The fraction of sp³-hybridized carbons (Fsp3) is 0.500. The summed E-state index contributed by atoms with van der Waals surface area (Å²) in [5, 5.41) is 12.5. The van der Waals surface area contributed by atoms with Gasteiger partial charge in [0.2, 0.25) is 0 Å². The van der Waals surface area contributed by atoms with E-state index in [1.807, 2.05) is 0 Å². The van der Waals surface area contributed by atoms with Crippen LogP contribution < -0.4 is 5.32 Å². The van der Waals surface area contributed by atoms with Crippen molar-refractivity contribution in [3.8, 4) is 0 Å². The summed E-state index contributed by atoms with van der Waals surface area (Å²) in [6.45, 7) is 3.61. The van der Waals surface area contributed by atoms with Gasteiger partial charge in [0.25, 0.3) is 5.91 Å². The number of anilines is 1. The van der Waals surface area contributed by atoms with Gasteiger partial charge in [-0.1, -0.05) is 0 Å². The maximum Gasteiger partial charge on any atom is 0.255 e. The van der Waals surface area contributed by atoms with Crippen LogP contribution in [0.1, 0.15) is 24.2 Å². The molecule has 1 aromatic rings. The van der Waals surface area contributed by atoms with E-state index in [1.165, 1.54) is 11.1 Å². The van der Waals surface area contributed by atoms with Gasteiger partial charge in [0, 0.05) is 26.8 Å². The highest BCUT2D eigenvalue weighted by molar-refractivity contribution is 5.93. The first kappa shape index (κ1) is 13.4. The van der Waals surface area contributed by atoms with Gasteiger partial charge in [-0.15, -0.1) is 0 Å². The van der Waals surface area contributed by atoms with Gasteiger partial charge in [0.1, 0.15) is 5.82 Å². The van der Waals surface area contributed by atoms with Gasteiger partial charge < -0.3 is 15.3 Å². The predicted octanol–water partition coefficient (Wildman–Crippen LogP) is 0.966. The molecule has 0 aliphatic rings. The lowest BCUT2D eigenvalue weighted by atomic mass is 10.1. The number of carbonyl (C=O) groups is 1. The smallest absolute Gasteiger partial charge is 0.255 e. The molecule has 0 aromatic carbocycles. The van der Waals surface area contributed by atoms with Crippen LogP contribution in [0.25, 0.3) is 0 Å². The van der Waals surface area contributed by atoms with E-state index in [1.54, 1.807) is 40.1 Å². The molecule has 1 rings (SSSR count). The molecule has 1 aromatic heterocycles. The zero-order valence-corrected chi connectivity index (χ0v) is 10.7. The number of hydrogen-bond acceptors (Lipinski definition) is 4. The second-order valence-electron chi connectivity index (χ2n) is 4.66. The summed E-state index contributed by atoms with van der Waals surface area (Å²) in [5.41, 5.74) is -0.390. The van der Waals surface area contributed by atoms with Crippen molar-refractivity contribution in [3.05, 3.63) is 23.9 Å². The number of aromatic nitrogens is 1. The number of rotatable bonds is 4. The summed E-state index contributed by atoms with van der Waals surface area (Å²) in [5.74, 6) is 0.564. The third-order valence-electron chi connectivity index (χ3n) is 2.24. The van der Waals surface area contributed by atoms with Crippen LogP contribution in [0.4, 0.5) is 5.82 Å². The van der Waals surface area contributed by atoms with Crippen molar-refractivity contribution in [3.63, 3.8) is 0 Å². The molecule has 1 amide bonds. The van der Waals surface area contributed by atoms with Gasteiger partial charge >= 0.3 is 0 Å². The van der Waals surface area contributed by atoms with Gasteiger partial charge in [-0.2, -0.15) is 0 Å². The molecule has 0 saturated carbocycles. The van der Waals surface area contributed by atoms with Crippen molar-refractivity contribution in [1.82, 2.24) is 9.88 Å². The first-order valence-corrected chi connectivity index (χ1v) is 5.45. The molecule has 0 radical (unpaired) electrons. The van der Waals surface area contributed by atoms with E-state index < -0.39 is 5.60 Å². The van der Waals surface area contributed by atoms with E-state index in [-0.39, 0.29) is 12.5 Å². The van der Waals surface area contributed by atoms with E-state index in [9.17, 15) is 9.90 Å². The average molecular weight is 237 g/mol. The van der Waals surface area contributed by atoms with Gasteiger partial charge in [-0.3, -0.25) is 4.79 Å². The summed E-state index contributed by atoms with van der Waals surface area (Å²) < 4.78 is 0. The van der Waals surface area contributed by atoms with Crippen LogP contribution in [0.5, 0.6) is 0 Å². The van der Waals surface area contributed by atoms with Crippen molar-refractivity contribution in [2.75, 3.05) is 26.0 Å². The second kappa shape index (κ2) is 5.14. The lowest BCUT2D eigenvalue weighted by Crippen LogP contribution is -2.39. The standard InChI is InChI=1S/C12H19N3O2/c1-12(2,17)8-15(4)11(16)9-5-6-10(13-3)14-7-9/h5-7,17H,8H2,1-4H3,(H,13,14). The summed E-state index contributed by atoms with van der Waals surface area (Å²) in [6, 6.07) is 3.45. The van der Waals surface area contributed by atoms with Crippen molar-refractivity contribution in [1.29, 1.82) is 0 Å². The van der Waals surface area contributed by atoms with Gasteiger partial charge in [-0.25, -0.2) is 4.98 Å². The molecule has 0 saturated heterocycles. The largest absolute Gasteiger partial charge is 0.389 e. The highest BCUT2D eigenvalue weighted by Gasteiger charge is 2.20. The van der Waals surface area contributed by atoms with Crippen LogP contribution in [0, 0.1) is 0 Å². The Balaban J connectivity index is 2.75. The number of hydrogen-bond donors (Lipinski definition) is 2. The summed E-state index contributed by atoms with van der Waals surface area (Å²) >= 11 is 0. The fourth-order valence-corrected chi connectivity index (χ4v) is 1.54. The molecule has 0 bridgehead atoms. The quantitative estimate of drug-likeness (QED) is 0.819. The lowest BCUT2D eigenvalue weighted by Gasteiger charge is -2.25. The van der Waals surface area contributed by atoms with Crippen LogP contribution in [-0.4, -0.2) is 47.1 Å². The topological polar surface area (TPSA) is 65.5 Å². The SMILES string of the molecule is CNc1ccc(C(=O)N(C)CC(C)(C)O)cn1. The zero-order chi connectivity index (χ0) is 13.1. The number of nitrogens with zero attached hydrogens (tertiary/aromatic N) is 2. The van der Waals surface area contributed by atoms with Crippen molar-refractivity contribution < 1.29 is 9.90 Å². The minimum absolute atomic E-state index is 0.151. The molecule has 5 nitrogen and oxygen atoms in total. The van der Waals surface area contributed by atoms with Crippen LogP contribution in [-0.2, 0) is 0 Å². The third kappa shape index (κ3) is 4.03. The van der Waals surface area contributed by atoms with Crippen molar-refractivity contribution >= 4 is 11.7 Å². The third-order valence-corrected chi connectivity index (χ3v) is 2.24. The minimum atomic E-state index is -0.900. The summed E-state index contributed by atoms with van der Waals surface area (Å²) in [7, 11) is 3.43. The highest BCUT2D eigenvalue weighted by Crippen LogP contribution is 2.09. The number of aliphatic hydroxyl groups is 1.